The van der Waals surface area contributed by atoms with Crippen molar-refractivity contribution in [2.45, 2.75) is 25.8 Å². The van der Waals surface area contributed by atoms with Crippen molar-refractivity contribution in [3.8, 4) is 6.07 Å². The van der Waals surface area contributed by atoms with Gasteiger partial charge in [0.1, 0.15) is 0 Å². The predicted octanol–water partition coefficient (Wildman–Crippen LogP) is 1.68. The van der Waals surface area contributed by atoms with Gasteiger partial charge in [-0.2, -0.15) is 5.26 Å². The smallest absolute Gasteiger partial charge is 0.306 e. The Bertz CT molecular complexity index is 545. The molecule has 0 spiro atoms. The van der Waals surface area contributed by atoms with E-state index in [4.69, 9.17) is 10.4 Å². The van der Waals surface area contributed by atoms with Gasteiger partial charge in [0.05, 0.1) is 17.6 Å². The Morgan fingerprint density at radius 3 is 2.45 bits per heavy atom. The summed E-state index contributed by atoms with van der Waals surface area (Å²) in [6.45, 7) is 0.402. The number of hydrogen-bond donors (Lipinski definition) is 2. The van der Waals surface area contributed by atoms with E-state index in [1.54, 1.807) is 24.3 Å². The fourth-order valence-corrected chi connectivity index (χ4v) is 2.47. The van der Waals surface area contributed by atoms with Crippen molar-refractivity contribution in [2.75, 3.05) is 0 Å². The summed E-state index contributed by atoms with van der Waals surface area (Å²) >= 11 is 0. The third-order valence-electron chi connectivity index (χ3n) is 3.70. The zero-order valence-corrected chi connectivity index (χ0v) is 11.0. The first kappa shape index (κ1) is 14.1. The van der Waals surface area contributed by atoms with Crippen molar-refractivity contribution in [3.63, 3.8) is 0 Å². The number of nitrogens with zero attached hydrogens (tertiary/aromatic N) is 1. The zero-order valence-electron chi connectivity index (χ0n) is 11.0. The molecule has 1 fully saturated rings. The fraction of sp³-hybridized carbons (Fsp3) is 0.400. The molecule has 2 N–H and O–H groups in total. The van der Waals surface area contributed by atoms with Crippen LogP contribution in [0, 0.1) is 23.2 Å². The highest BCUT2D eigenvalue weighted by molar-refractivity contribution is 5.80. The summed E-state index contributed by atoms with van der Waals surface area (Å²) in [5.41, 5.74) is 1.50. The Hall–Kier alpha value is -2.35. The molecule has 1 aromatic rings. The normalized spacial score (nSPS) is 21.1. The van der Waals surface area contributed by atoms with Crippen LogP contribution in [0.5, 0.6) is 0 Å². The van der Waals surface area contributed by atoms with Crippen molar-refractivity contribution in [1.29, 1.82) is 5.26 Å². The maximum Gasteiger partial charge on any atom is 0.306 e. The lowest BCUT2D eigenvalue weighted by atomic mass is 10.0. The van der Waals surface area contributed by atoms with Gasteiger partial charge in [0.25, 0.3) is 0 Å². The Morgan fingerprint density at radius 1 is 1.25 bits per heavy atom. The van der Waals surface area contributed by atoms with Gasteiger partial charge in [-0.05, 0) is 37.0 Å². The molecular weight excluding hydrogens is 256 g/mol. The monoisotopic (exact) mass is 272 g/mol. The SMILES string of the molecule is N#Cc1ccc(CNC(=O)[C@@H]2CC[C@H](C(=O)O)C2)cc1. The second-order valence-electron chi connectivity index (χ2n) is 5.07. The Labute approximate surface area is 117 Å². The summed E-state index contributed by atoms with van der Waals surface area (Å²) in [4.78, 5) is 22.8. The maximum absolute atomic E-state index is 12.0. The van der Waals surface area contributed by atoms with Gasteiger partial charge in [-0.1, -0.05) is 12.1 Å². The molecule has 0 bridgehead atoms. The van der Waals surface area contributed by atoms with Crippen LogP contribution in [0.4, 0.5) is 0 Å². The molecule has 104 valence electrons. The molecule has 0 aromatic heterocycles. The fourth-order valence-electron chi connectivity index (χ4n) is 2.47. The summed E-state index contributed by atoms with van der Waals surface area (Å²) in [6.07, 6.45) is 1.63. The molecule has 2 atom stereocenters. The molecule has 0 radical (unpaired) electrons. The molecule has 2 rings (SSSR count). The predicted molar refractivity (Wildman–Crippen MR) is 71.5 cm³/mol. The van der Waals surface area contributed by atoms with E-state index >= 15 is 0 Å². The van der Waals surface area contributed by atoms with E-state index in [0.717, 1.165) is 5.56 Å². The van der Waals surface area contributed by atoms with E-state index in [0.29, 0.717) is 31.4 Å². The summed E-state index contributed by atoms with van der Waals surface area (Å²) in [6, 6.07) is 9.05. The molecule has 0 saturated heterocycles. The van der Waals surface area contributed by atoms with Gasteiger partial charge in [-0.25, -0.2) is 0 Å². The van der Waals surface area contributed by atoms with Gasteiger partial charge in [0.2, 0.25) is 5.91 Å². The first-order valence-corrected chi connectivity index (χ1v) is 6.59. The quantitative estimate of drug-likeness (QED) is 0.872. The molecule has 1 aromatic carbocycles. The van der Waals surface area contributed by atoms with Gasteiger partial charge in [0.15, 0.2) is 0 Å². The Balaban J connectivity index is 1.83. The van der Waals surface area contributed by atoms with Crippen LogP contribution < -0.4 is 5.32 Å². The van der Waals surface area contributed by atoms with Crippen LogP contribution in [0.25, 0.3) is 0 Å². The molecule has 1 aliphatic carbocycles. The van der Waals surface area contributed by atoms with Gasteiger partial charge in [0, 0.05) is 12.5 Å². The van der Waals surface area contributed by atoms with Gasteiger partial charge < -0.3 is 10.4 Å². The van der Waals surface area contributed by atoms with Gasteiger partial charge in [-0.15, -0.1) is 0 Å². The number of benzene rings is 1. The second-order valence-corrected chi connectivity index (χ2v) is 5.07. The van der Waals surface area contributed by atoms with Crippen LogP contribution in [0.3, 0.4) is 0 Å². The summed E-state index contributed by atoms with van der Waals surface area (Å²) < 4.78 is 0. The molecular formula is C15H16N2O3. The topological polar surface area (TPSA) is 90.2 Å². The number of carboxylic acids is 1. The van der Waals surface area contributed by atoms with Crippen molar-refractivity contribution >= 4 is 11.9 Å². The van der Waals surface area contributed by atoms with Gasteiger partial charge in [-0.3, -0.25) is 9.59 Å². The highest BCUT2D eigenvalue weighted by Gasteiger charge is 2.33. The highest BCUT2D eigenvalue weighted by atomic mass is 16.4. The van der Waals surface area contributed by atoms with E-state index in [1.807, 2.05) is 6.07 Å². The van der Waals surface area contributed by atoms with E-state index < -0.39 is 5.97 Å². The summed E-state index contributed by atoms with van der Waals surface area (Å²) in [5, 5.41) is 20.4. The average molecular weight is 272 g/mol. The lowest BCUT2D eigenvalue weighted by Crippen LogP contribution is -2.29. The number of amides is 1. The van der Waals surface area contributed by atoms with E-state index in [9.17, 15) is 9.59 Å². The number of carbonyl (C=O) groups excluding carboxylic acids is 1. The number of nitrogens with one attached hydrogen (secondary N) is 1. The van der Waals surface area contributed by atoms with Crippen LogP contribution >= 0.6 is 0 Å². The number of hydrogen-bond acceptors (Lipinski definition) is 3. The lowest BCUT2D eigenvalue weighted by molar-refractivity contribution is -0.141. The Kier molecular flexibility index (Phi) is 4.36. The van der Waals surface area contributed by atoms with Crippen molar-refractivity contribution in [2.24, 2.45) is 11.8 Å². The number of rotatable bonds is 4. The van der Waals surface area contributed by atoms with Crippen LogP contribution in [-0.4, -0.2) is 17.0 Å². The average Bonchev–Trinajstić information content (AvgIpc) is 2.95. The molecule has 1 saturated carbocycles. The maximum atomic E-state index is 12.0. The minimum Gasteiger partial charge on any atom is -0.481 e. The zero-order chi connectivity index (χ0) is 14.5. The minimum atomic E-state index is -0.813. The van der Waals surface area contributed by atoms with E-state index in [2.05, 4.69) is 5.32 Å². The highest BCUT2D eigenvalue weighted by Crippen LogP contribution is 2.31. The lowest BCUT2D eigenvalue weighted by Gasteiger charge is -2.10. The van der Waals surface area contributed by atoms with Crippen LogP contribution in [0.15, 0.2) is 24.3 Å². The molecule has 0 heterocycles. The van der Waals surface area contributed by atoms with E-state index in [1.165, 1.54) is 0 Å². The van der Waals surface area contributed by atoms with Crippen molar-refractivity contribution in [1.82, 2.24) is 5.32 Å². The minimum absolute atomic E-state index is 0.0851. The number of carboxylic acid groups (broad SMARTS) is 1. The first-order chi connectivity index (χ1) is 9.60. The molecule has 1 amide bonds. The molecule has 5 nitrogen and oxygen atoms in total. The van der Waals surface area contributed by atoms with Crippen molar-refractivity contribution < 1.29 is 14.7 Å². The Morgan fingerprint density at radius 2 is 1.90 bits per heavy atom. The first-order valence-electron chi connectivity index (χ1n) is 6.59. The molecule has 0 unspecified atom stereocenters. The van der Waals surface area contributed by atoms with Crippen molar-refractivity contribution in [3.05, 3.63) is 35.4 Å². The largest absolute Gasteiger partial charge is 0.481 e. The summed E-state index contributed by atoms with van der Waals surface area (Å²) in [5.74, 6) is -1.49. The number of aliphatic carboxylic acids is 1. The van der Waals surface area contributed by atoms with Gasteiger partial charge >= 0.3 is 5.97 Å². The summed E-state index contributed by atoms with van der Waals surface area (Å²) in [7, 11) is 0. The molecule has 1 aliphatic rings. The number of nitriles is 1. The third kappa shape index (κ3) is 3.35. The van der Waals surface area contributed by atoms with Crippen LogP contribution in [-0.2, 0) is 16.1 Å². The molecule has 20 heavy (non-hydrogen) atoms. The third-order valence-corrected chi connectivity index (χ3v) is 3.70. The molecule has 0 aliphatic heterocycles. The van der Waals surface area contributed by atoms with Crippen LogP contribution in [0.1, 0.15) is 30.4 Å². The van der Waals surface area contributed by atoms with Crippen LogP contribution in [0.2, 0.25) is 0 Å². The van der Waals surface area contributed by atoms with E-state index in [-0.39, 0.29) is 17.7 Å². The second kappa shape index (κ2) is 6.20. The standard InChI is InChI=1S/C15H16N2O3/c16-8-10-1-3-11(4-2-10)9-17-14(18)12-5-6-13(7-12)15(19)20/h1-4,12-13H,5-7,9H2,(H,17,18)(H,19,20)/t12-,13+/m1/s1. The number of carbonyl (C=O) groups is 2. The molecule has 5 heteroatoms.